The highest BCUT2D eigenvalue weighted by atomic mass is 35.5. The van der Waals surface area contributed by atoms with Crippen molar-refractivity contribution in [2.45, 2.75) is 164 Å². The molecular weight excluding hydrogens is 603 g/mol. The third-order valence-electron chi connectivity index (χ3n) is 9.35. The fraction of sp³-hybridized carbons (Fsp3) is 0.763. The highest BCUT2D eigenvalue weighted by Gasteiger charge is 2.45. The molecule has 0 aliphatic carbocycles. The average Bonchev–Trinajstić information content (AvgIpc) is 3.03. The second-order valence-corrected chi connectivity index (χ2v) is 12.6. The summed E-state index contributed by atoms with van der Waals surface area (Å²) >= 11 is 0. The number of imide groups is 3. The molecule has 45 heavy (non-hydrogen) atoms. The Morgan fingerprint density at radius 3 is 1.09 bits per heavy atom. The van der Waals surface area contributed by atoms with E-state index in [1.165, 1.54) is 55.5 Å². The van der Waals surface area contributed by atoms with Crippen LogP contribution in [0.5, 0.6) is 0 Å². The predicted molar refractivity (Wildman–Crippen MR) is 183 cm³/mol. The number of carbonyl (C=O) groups excluding carboxylic acids is 3. The molecule has 0 fully saturated rings. The first kappa shape index (κ1) is 48.1. The maximum atomic E-state index is 13.0. The molecule has 0 radical (unpaired) electrons. The highest BCUT2D eigenvalue weighted by Crippen LogP contribution is 2.20. The summed E-state index contributed by atoms with van der Waals surface area (Å²) in [6.07, 6.45) is 16.7. The molecule has 5 nitrogen and oxygen atoms in total. The second-order valence-electron chi connectivity index (χ2n) is 12.6. The first-order valence-electron chi connectivity index (χ1n) is 18.1. The summed E-state index contributed by atoms with van der Waals surface area (Å²) in [4.78, 5) is 38.9. The lowest BCUT2D eigenvalue weighted by Gasteiger charge is -2.35. The number of amides is 3. The van der Waals surface area contributed by atoms with Crippen LogP contribution >= 0.6 is 0 Å². The summed E-state index contributed by atoms with van der Waals surface area (Å²) in [6.45, 7) is 18.2. The van der Waals surface area contributed by atoms with E-state index >= 15 is 0 Å². The molecule has 1 rings (SSSR count). The minimum atomic E-state index is -0.602. The number of benzene rings is 1. The Kier molecular flexibility index (Phi) is 32.2. The maximum Gasteiger partial charge on any atom is 0.328 e. The SMILES string of the molecule is CCCCCCCC(=O)[N+](C)(C(=O)CCCCCCC)C(=O)CCCCCCC.CC[N+](CC)(CC)Cc1ccccc1.[Cl-].[Cl-]. The van der Waals surface area contributed by atoms with Crippen LogP contribution in [0, 0.1) is 0 Å². The average molecular weight is 674 g/mol. The molecule has 1 aromatic carbocycles. The summed E-state index contributed by atoms with van der Waals surface area (Å²) in [7, 11) is 1.57. The second kappa shape index (κ2) is 30.1. The topological polar surface area (TPSA) is 51.2 Å². The number of rotatable bonds is 23. The predicted octanol–water partition coefficient (Wildman–Crippen LogP) is 4.17. The van der Waals surface area contributed by atoms with Crippen LogP contribution in [0.25, 0.3) is 0 Å². The van der Waals surface area contributed by atoms with E-state index in [1.54, 1.807) is 7.05 Å². The van der Waals surface area contributed by atoms with Gasteiger partial charge in [-0.1, -0.05) is 128 Å². The van der Waals surface area contributed by atoms with Gasteiger partial charge >= 0.3 is 17.7 Å². The van der Waals surface area contributed by atoms with Crippen LogP contribution < -0.4 is 24.8 Å². The molecule has 0 aliphatic heterocycles. The monoisotopic (exact) mass is 672 g/mol. The molecule has 0 heterocycles. The zero-order chi connectivity index (χ0) is 32.4. The van der Waals surface area contributed by atoms with Crippen molar-refractivity contribution in [1.29, 1.82) is 0 Å². The molecule has 0 atom stereocenters. The van der Waals surface area contributed by atoms with Gasteiger partial charge in [0.15, 0.2) is 0 Å². The molecule has 264 valence electrons. The van der Waals surface area contributed by atoms with Crippen LogP contribution in [0.4, 0.5) is 0 Å². The van der Waals surface area contributed by atoms with Crippen molar-refractivity contribution in [3.05, 3.63) is 35.9 Å². The van der Waals surface area contributed by atoms with Gasteiger partial charge in [0.2, 0.25) is 0 Å². The van der Waals surface area contributed by atoms with Gasteiger partial charge in [0, 0.05) is 5.56 Å². The van der Waals surface area contributed by atoms with E-state index in [2.05, 4.69) is 71.9 Å². The normalized spacial score (nSPS) is 11.1. The van der Waals surface area contributed by atoms with Gasteiger partial charge < -0.3 is 29.3 Å². The number of halogens is 2. The molecule has 0 unspecified atom stereocenters. The van der Waals surface area contributed by atoms with Gasteiger partial charge in [0.05, 0.1) is 45.9 Å². The lowest BCUT2D eigenvalue weighted by molar-refractivity contribution is -0.936. The Balaban J connectivity index is -0.000000925. The third kappa shape index (κ3) is 19.9. The highest BCUT2D eigenvalue weighted by molar-refractivity contribution is 5.97. The Hall–Kier alpha value is -1.27. The minimum absolute atomic E-state index is 0. The van der Waals surface area contributed by atoms with E-state index < -0.39 is 4.48 Å². The quantitative estimate of drug-likeness (QED) is 0.130. The first-order chi connectivity index (χ1) is 20.7. The maximum absolute atomic E-state index is 13.0. The molecule has 0 aliphatic rings. The fourth-order valence-electron chi connectivity index (χ4n) is 5.70. The number of carbonyl (C=O) groups is 3. The van der Waals surface area contributed by atoms with Crippen LogP contribution in [-0.4, -0.2) is 53.4 Å². The van der Waals surface area contributed by atoms with Crippen LogP contribution in [-0.2, 0) is 20.9 Å². The molecule has 7 heteroatoms. The third-order valence-corrected chi connectivity index (χ3v) is 9.35. The molecule has 3 amide bonds. The number of quaternary nitrogens is 2. The molecule has 0 saturated carbocycles. The molecule has 1 aromatic rings. The van der Waals surface area contributed by atoms with E-state index in [1.807, 2.05) is 0 Å². The number of hydrogen-bond acceptors (Lipinski definition) is 3. The van der Waals surface area contributed by atoms with Crippen molar-refractivity contribution in [2.24, 2.45) is 0 Å². The molecule has 0 spiro atoms. The number of hydrogen-bond donors (Lipinski definition) is 0. The zero-order valence-electron chi connectivity index (χ0n) is 30.3. The minimum Gasteiger partial charge on any atom is -1.00 e. The van der Waals surface area contributed by atoms with E-state index in [4.69, 9.17) is 0 Å². The Morgan fingerprint density at radius 1 is 0.489 bits per heavy atom. The molecule has 0 bridgehead atoms. The van der Waals surface area contributed by atoms with Gasteiger partial charge in [-0.25, -0.2) is 14.4 Å². The fourth-order valence-corrected chi connectivity index (χ4v) is 5.70. The van der Waals surface area contributed by atoms with Crippen molar-refractivity contribution in [2.75, 3.05) is 26.7 Å². The lowest BCUT2D eigenvalue weighted by atomic mass is 10.1. The smallest absolute Gasteiger partial charge is 0.328 e. The summed E-state index contributed by atoms with van der Waals surface area (Å²) in [5.41, 5.74) is 1.46. The van der Waals surface area contributed by atoms with Gasteiger partial charge in [0.1, 0.15) is 6.54 Å². The van der Waals surface area contributed by atoms with Crippen molar-refractivity contribution >= 4 is 17.7 Å². The van der Waals surface area contributed by atoms with Gasteiger partial charge in [-0.05, 0) is 40.0 Å². The molecular formula is C38H70Cl2N2O3. The van der Waals surface area contributed by atoms with E-state index in [9.17, 15) is 14.4 Å². The molecule has 0 N–H and O–H groups in total. The molecule has 0 aromatic heterocycles. The standard InChI is InChI=1S/C25H48NO3.C13H22N.2ClH/c1-5-8-11-14-17-20-23(27)26(4,24(28)21-18-15-12-9-6-2)25(29)22-19-16-13-10-7-3;1-4-14(5-2,6-3)12-13-10-8-7-9-11-13;;/h5-22H2,1-4H3;7-11H,4-6,12H2,1-3H3;2*1H/q2*+1;;/p-2. The lowest BCUT2D eigenvalue weighted by Crippen LogP contribution is -3.00. The van der Waals surface area contributed by atoms with Crippen molar-refractivity contribution in [1.82, 2.24) is 0 Å². The number of unbranched alkanes of at least 4 members (excludes halogenated alkanes) is 12. The van der Waals surface area contributed by atoms with Crippen LogP contribution in [0.2, 0.25) is 0 Å². The summed E-state index contributed by atoms with van der Waals surface area (Å²) < 4.78 is 0.597. The summed E-state index contributed by atoms with van der Waals surface area (Å²) in [6, 6.07) is 10.8. The van der Waals surface area contributed by atoms with Crippen LogP contribution in [0.1, 0.15) is 163 Å². The first-order valence-corrected chi connectivity index (χ1v) is 18.1. The van der Waals surface area contributed by atoms with Crippen molar-refractivity contribution in [3.63, 3.8) is 0 Å². The Morgan fingerprint density at radius 2 is 0.800 bits per heavy atom. The largest absolute Gasteiger partial charge is 1.00 e. The van der Waals surface area contributed by atoms with E-state index in [0.29, 0.717) is 19.3 Å². The summed E-state index contributed by atoms with van der Waals surface area (Å²) in [5, 5.41) is 0. The van der Waals surface area contributed by atoms with E-state index in [0.717, 1.165) is 77.0 Å². The van der Waals surface area contributed by atoms with Gasteiger partial charge in [0.25, 0.3) is 0 Å². The van der Waals surface area contributed by atoms with Gasteiger partial charge in [-0.2, -0.15) is 0 Å². The Bertz CT molecular complexity index is 787. The van der Waals surface area contributed by atoms with Crippen molar-refractivity contribution < 1.29 is 48.2 Å². The number of nitrogens with zero attached hydrogens (tertiary/aromatic N) is 2. The Labute approximate surface area is 291 Å². The van der Waals surface area contributed by atoms with Crippen molar-refractivity contribution in [3.8, 4) is 0 Å². The van der Waals surface area contributed by atoms with Gasteiger partial charge in [-0.3, -0.25) is 0 Å². The zero-order valence-corrected chi connectivity index (χ0v) is 31.8. The van der Waals surface area contributed by atoms with Crippen LogP contribution in [0.15, 0.2) is 30.3 Å². The van der Waals surface area contributed by atoms with Gasteiger partial charge in [-0.15, -0.1) is 4.48 Å². The van der Waals surface area contributed by atoms with Crippen LogP contribution in [0.3, 0.4) is 0 Å². The van der Waals surface area contributed by atoms with E-state index in [-0.39, 0.29) is 42.5 Å². The molecule has 0 saturated heterocycles. The summed E-state index contributed by atoms with van der Waals surface area (Å²) in [5.74, 6) is -0.587.